The SMILES string of the molecule is CC[C@@H]1CC2=C(CCCC2=O)OC1O. The quantitative estimate of drug-likeness (QED) is 0.695. The first kappa shape index (κ1) is 9.71. The number of carbonyl (C=O) groups excluding carboxylic acids is 1. The summed E-state index contributed by atoms with van der Waals surface area (Å²) in [5, 5.41) is 9.63. The molecular formula is C11H16O3. The van der Waals surface area contributed by atoms with E-state index in [1.54, 1.807) is 0 Å². The van der Waals surface area contributed by atoms with Crippen molar-refractivity contribution in [1.82, 2.24) is 0 Å². The van der Waals surface area contributed by atoms with E-state index in [1.165, 1.54) is 0 Å². The van der Waals surface area contributed by atoms with Gasteiger partial charge in [0.15, 0.2) is 12.1 Å². The normalized spacial score (nSPS) is 32.6. The second-order valence-electron chi connectivity index (χ2n) is 4.06. The fourth-order valence-electron chi connectivity index (χ4n) is 2.18. The summed E-state index contributed by atoms with van der Waals surface area (Å²) >= 11 is 0. The van der Waals surface area contributed by atoms with Crippen LogP contribution < -0.4 is 0 Å². The van der Waals surface area contributed by atoms with Crippen LogP contribution >= 0.6 is 0 Å². The standard InChI is InChI=1S/C11H16O3/c1-2-7-6-8-9(12)4-3-5-10(8)14-11(7)13/h7,11,13H,2-6H2,1H3/t7-,11?/m1/s1. The lowest BCUT2D eigenvalue weighted by Gasteiger charge is -2.33. The molecule has 2 atom stereocenters. The summed E-state index contributed by atoms with van der Waals surface area (Å²) in [6, 6.07) is 0. The molecule has 2 aliphatic rings. The largest absolute Gasteiger partial charge is 0.469 e. The predicted molar refractivity (Wildman–Crippen MR) is 51.4 cm³/mol. The molecule has 0 radical (unpaired) electrons. The summed E-state index contributed by atoms with van der Waals surface area (Å²) in [7, 11) is 0. The minimum Gasteiger partial charge on any atom is -0.469 e. The second-order valence-corrected chi connectivity index (χ2v) is 4.06. The number of aliphatic hydroxyl groups is 1. The first-order chi connectivity index (χ1) is 6.72. The van der Waals surface area contributed by atoms with Gasteiger partial charge in [-0.1, -0.05) is 6.92 Å². The number of rotatable bonds is 1. The molecule has 1 aliphatic heterocycles. The van der Waals surface area contributed by atoms with Crippen molar-refractivity contribution < 1.29 is 14.6 Å². The monoisotopic (exact) mass is 196 g/mol. The molecule has 3 heteroatoms. The number of aliphatic hydroxyl groups excluding tert-OH is 1. The van der Waals surface area contributed by atoms with Crippen molar-refractivity contribution >= 4 is 5.78 Å². The molecular weight excluding hydrogens is 180 g/mol. The average molecular weight is 196 g/mol. The number of hydrogen-bond acceptors (Lipinski definition) is 3. The Balaban J connectivity index is 2.22. The van der Waals surface area contributed by atoms with E-state index in [4.69, 9.17) is 4.74 Å². The maximum Gasteiger partial charge on any atom is 0.200 e. The highest BCUT2D eigenvalue weighted by Crippen LogP contribution is 2.35. The molecule has 1 unspecified atom stereocenters. The van der Waals surface area contributed by atoms with Crippen molar-refractivity contribution in [2.24, 2.45) is 5.92 Å². The summed E-state index contributed by atoms with van der Waals surface area (Å²) in [5.74, 6) is 1.06. The third-order valence-electron chi connectivity index (χ3n) is 3.14. The second kappa shape index (κ2) is 3.73. The molecule has 0 aromatic rings. The molecule has 3 nitrogen and oxygen atoms in total. The van der Waals surface area contributed by atoms with Crippen LogP contribution in [-0.2, 0) is 9.53 Å². The highest BCUT2D eigenvalue weighted by Gasteiger charge is 2.33. The van der Waals surface area contributed by atoms with Crippen LogP contribution in [0.4, 0.5) is 0 Å². The molecule has 0 bridgehead atoms. The van der Waals surface area contributed by atoms with E-state index in [-0.39, 0.29) is 11.7 Å². The lowest BCUT2D eigenvalue weighted by atomic mass is 9.85. The van der Waals surface area contributed by atoms with Gasteiger partial charge in [0, 0.05) is 24.3 Å². The maximum absolute atomic E-state index is 11.6. The molecule has 1 heterocycles. The van der Waals surface area contributed by atoms with Gasteiger partial charge in [-0.15, -0.1) is 0 Å². The third-order valence-corrected chi connectivity index (χ3v) is 3.14. The zero-order valence-corrected chi connectivity index (χ0v) is 8.45. The molecule has 2 rings (SSSR count). The minimum atomic E-state index is -0.704. The van der Waals surface area contributed by atoms with Crippen molar-refractivity contribution in [1.29, 1.82) is 0 Å². The minimum absolute atomic E-state index is 0.0933. The number of ether oxygens (including phenoxy) is 1. The van der Waals surface area contributed by atoms with E-state index in [2.05, 4.69) is 0 Å². The first-order valence-electron chi connectivity index (χ1n) is 5.32. The van der Waals surface area contributed by atoms with Gasteiger partial charge in [0.1, 0.15) is 5.76 Å². The van der Waals surface area contributed by atoms with E-state index in [0.717, 1.165) is 30.6 Å². The molecule has 78 valence electrons. The van der Waals surface area contributed by atoms with Gasteiger partial charge in [0.05, 0.1) is 0 Å². The molecule has 0 fully saturated rings. The van der Waals surface area contributed by atoms with Crippen LogP contribution in [0.15, 0.2) is 11.3 Å². The van der Waals surface area contributed by atoms with Crippen LogP contribution in [-0.4, -0.2) is 17.2 Å². The summed E-state index contributed by atoms with van der Waals surface area (Å²) in [6.45, 7) is 2.01. The van der Waals surface area contributed by atoms with Crippen molar-refractivity contribution in [3.05, 3.63) is 11.3 Å². The number of carbonyl (C=O) groups is 1. The Kier molecular flexibility index (Phi) is 2.59. The van der Waals surface area contributed by atoms with Crippen LogP contribution in [0.3, 0.4) is 0 Å². The van der Waals surface area contributed by atoms with Crippen molar-refractivity contribution in [2.45, 2.75) is 45.3 Å². The molecule has 0 saturated carbocycles. The van der Waals surface area contributed by atoms with Gasteiger partial charge in [0.25, 0.3) is 0 Å². The highest BCUT2D eigenvalue weighted by molar-refractivity contribution is 5.96. The van der Waals surface area contributed by atoms with Gasteiger partial charge < -0.3 is 9.84 Å². The lowest BCUT2D eigenvalue weighted by molar-refractivity contribution is -0.131. The zero-order chi connectivity index (χ0) is 10.1. The number of hydrogen-bond donors (Lipinski definition) is 1. The van der Waals surface area contributed by atoms with Gasteiger partial charge in [-0.3, -0.25) is 4.79 Å². The van der Waals surface area contributed by atoms with Crippen LogP contribution in [0.1, 0.15) is 39.0 Å². The topological polar surface area (TPSA) is 46.5 Å². The predicted octanol–water partition coefficient (Wildman–Crippen LogP) is 1.76. The van der Waals surface area contributed by atoms with Gasteiger partial charge in [0.2, 0.25) is 0 Å². The molecule has 1 aliphatic carbocycles. The van der Waals surface area contributed by atoms with E-state index in [0.29, 0.717) is 12.8 Å². The fraction of sp³-hybridized carbons (Fsp3) is 0.727. The van der Waals surface area contributed by atoms with E-state index in [9.17, 15) is 9.90 Å². The zero-order valence-electron chi connectivity index (χ0n) is 8.45. The molecule has 1 N–H and O–H groups in total. The number of ketones is 1. The lowest BCUT2D eigenvalue weighted by Crippen LogP contribution is -2.32. The number of Topliss-reactive ketones (excluding diaryl/α,β-unsaturated/α-hetero) is 1. The Morgan fingerprint density at radius 2 is 2.29 bits per heavy atom. The van der Waals surface area contributed by atoms with Crippen molar-refractivity contribution in [3.8, 4) is 0 Å². The molecule has 0 saturated heterocycles. The van der Waals surface area contributed by atoms with E-state index in [1.807, 2.05) is 6.92 Å². The van der Waals surface area contributed by atoms with Crippen LogP contribution in [0, 0.1) is 5.92 Å². The van der Waals surface area contributed by atoms with Crippen molar-refractivity contribution in [2.75, 3.05) is 0 Å². The van der Waals surface area contributed by atoms with Crippen LogP contribution in [0.25, 0.3) is 0 Å². The molecule has 0 aromatic carbocycles. The molecule has 0 spiro atoms. The Morgan fingerprint density at radius 1 is 1.50 bits per heavy atom. The maximum atomic E-state index is 11.6. The van der Waals surface area contributed by atoms with Crippen molar-refractivity contribution in [3.63, 3.8) is 0 Å². The average Bonchev–Trinajstić information content (AvgIpc) is 2.17. The van der Waals surface area contributed by atoms with Gasteiger partial charge in [-0.05, 0) is 19.3 Å². The third kappa shape index (κ3) is 1.57. The highest BCUT2D eigenvalue weighted by atomic mass is 16.6. The smallest absolute Gasteiger partial charge is 0.200 e. The Labute approximate surface area is 83.8 Å². The summed E-state index contributed by atoms with van der Waals surface area (Å²) in [5.41, 5.74) is 0.841. The number of allylic oxidation sites excluding steroid dienone is 2. The van der Waals surface area contributed by atoms with Crippen LogP contribution in [0.5, 0.6) is 0 Å². The first-order valence-corrected chi connectivity index (χ1v) is 5.32. The summed E-state index contributed by atoms with van der Waals surface area (Å²) in [4.78, 5) is 11.6. The Morgan fingerprint density at radius 3 is 3.00 bits per heavy atom. The molecule has 14 heavy (non-hydrogen) atoms. The van der Waals surface area contributed by atoms with Crippen LogP contribution in [0.2, 0.25) is 0 Å². The molecule has 0 aromatic heterocycles. The van der Waals surface area contributed by atoms with E-state index >= 15 is 0 Å². The van der Waals surface area contributed by atoms with E-state index < -0.39 is 6.29 Å². The van der Waals surface area contributed by atoms with Gasteiger partial charge in [-0.2, -0.15) is 0 Å². The Hall–Kier alpha value is -0.830. The molecule has 0 amide bonds. The van der Waals surface area contributed by atoms with Gasteiger partial charge in [-0.25, -0.2) is 0 Å². The Bertz CT molecular complexity index is 280. The summed E-state index contributed by atoms with van der Waals surface area (Å²) in [6.07, 6.45) is 3.17. The van der Waals surface area contributed by atoms with Gasteiger partial charge >= 0.3 is 0 Å². The summed E-state index contributed by atoms with van der Waals surface area (Å²) < 4.78 is 5.38. The fourth-order valence-corrected chi connectivity index (χ4v) is 2.18.